The number of aryl methyl sites for hydroxylation is 1. The van der Waals surface area contributed by atoms with E-state index in [9.17, 15) is 4.79 Å². The number of thioether (sulfide) groups is 1. The predicted octanol–water partition coefficient (Wildman–Crippen LogP) is 1.91. The molecule has 0 radical (unpaired) electrons. The minimum Gasteiger partial charge on any atom is -0.354 e. The van der Waals surface area contributed by atoms with E-state index in [1.165, 1.54) is 11.1 Å². The highest BCUT2D eigenvalue weighted by atomic mass is 32.2. The van der Waals surface area contributed by atoms with Crippen molar-refractivity contribution >= 4 is 17.7 Å². The van der Waals surface area contributed by atoms with Gasteiger partial charge in [-0.15, -0.1) is 11.8 Å². The SMILES string of the molecule is Cc1ccc(CSCC(=O)NCCN(C)C)cc1. The summed E-state index contributed by atoms with van der Waals surface area (Å²) < 4.78 is 0. The molecule has 1 aromatic carbocycles. The van der Waals surface area contributed by atoms with Crippen LogP contribution in [0.2, 0.25) is 0 Å². The Bertz CT molecular complexity index is 363. The molecule has 0 saturated carbocycles. The second kappa shape index (κ2) is 8.16. The molecule has 0 saturated heterocycles. The molecule has 0 fully saturated rings. The van der Waals surface area contributed by atoms with E-state index >= 15 is 0 Å². The minimum atomic E-state index is 0.119. The summed E-state index contributed by atoms with van der Waals surface area (Å²) in [4.78, 5) is 13.6. The van der Waals surface area contributed by atoms with Crippen LogP contribution >= 0.6 is 11.8 Å². The number of likely N-dealkylation sites (N-methyl/N-ethyl adjacent to an activating group) is 1. The van der Waals surface area contributed by atoms with E-state index in [1.54, 1.807) is 11.8 Å². The zero-order valence-electron chi connectivity index (χ0n) is 11.4. The van der Waals surface area contributed by atoms with Crippen LogP contribution in [0.3, 0.4) is 0 Å². The van der Waals surface area contributed by atoms with Crippen molar-refractivity contribution in [3.63, 3.8) is 0 Å². The first-order valence-electron chi connectivity index (χ1n) is 6.12. The topological polar surface area (TPSA) is 32.3 Å². The van der Waals surface area contributed by atoms with Gasteiger partial charge >= 0.3 is 0 Å². The quantitative estimate of drug-likeness (QED) is 0.818. The lowest BCUT2D eigenvalue weighted by Gasteiger charge is -2.10. The van der Waals surface area contributed by atoms with Crippen molar-refractivity contribution in [2.45, 2.75) is 12.7 Å². The van der Waals surface area contributed by atoms with Crippen molar-refractivity contribution in [1.29, 1.82) is 0 Å². The Morgan fingerprint density at radius 1 is 1.28 bits per heavy atom. The number of rotatable bonds is 7. The molecule has 1 amide bonds. The molecule has 0 aliphatic carbocycles. The fourth-order valence-corrected chi connectivity index (χ4v) is 2.23. The normalized spacial score (nSPS) is 10.7. The minimum absolute atomic E-state index is 0.119. The third-order valence-electron chi connectivity index (χ3n) is 2.50. The fourth-order valence-electron chi connectivity index (χ4n) is 1.42. The van der Waals surface area contributed by atoms with Gasteiger partial charge in [-0.1, -0.05) is 29.8 Å². The number of amides is 1. The van der Waals surface area contributed by atoms with Crippen LogP contribution in [-0.2, 0) is 10.5 Å². The molecule has 1 rings (SSSR count). The lowest BCUT2D eigenvalue weighted by molar-refractivity contribution is -0.118. The van der Waals surface area contributed by atoms with Crippen molar-refractivity contribution in [1.82, 2.24) is 10.2 Å². The van der Waals surface area contributed by atoms with Gasteiger partial charge in [-0.25, -0.2) is 0 Å². The van der Waals surface area contributed by atoms with Gasteiger partial charge in [0.05, 0.1) is 5.75 Å². The van der Waals surface area contributed by atoms with Crippen molar-refractivity contribution in [2.75, 3.05) is 32.9 Å². The van der Waals surface area contributed by atoms with Crippen LogP contribution in [0, 0.1) is 6.92 Å². The van der Waals surface area contributed by atoms with Crippen LogP contribution in [0.5, 0.6) is 0 Å². The lowest BCUT2D eigenvalue weighted by atomic mass is 10.2. The zero-order chi connectivity index (χ0) is 13.4. The monoisotopic (exact) mass is 266 g/mol. The Labute approximate surface area is 114 Å². The second-order valence-electron chi connectivity index (χ2n) is 4.63. The van der Waals surface area contributed by atoms with Gasteiger partial charge in [0.15, 0.2) is 0 Å². The van der Waals surface area contributed by atoms with Gasteiger partial charge in [0.1, 0.15) is 0 Å². The van der Waals surface area contributed by atoms with E-state index in [4.69, 9.17) is 0 Å². The molecule has 0 aliphatic rings. The largest absolute Gasteiger partial charge is 0.354 e. The number of benzene rings is 1. The van der Waals surface area contributed by atoms with E-state index in [2.05, 4.69) is 41.4 Å². The zero-order valence-corrected chi connectivity index (χ0v) is 12.2. The van der Waals surface area contributed by atoms with Crippen molar-refractivity contribution in [2.24, 2.45) is 0 Å². The van der Waals surface area contributed by atoms with Crippen LogP contribution < -0.4 is 5.32 Å². The van der Waals surface area contributed by atoms with Crippen LogP contribution in [0.15, 0.2) is 24.3 Å². The Morgan fingerprint density at radius 3 is 2.56 bits per heavy atom. The maximum Gasteiger partial charge on any atom is 0.230 e. The highest BCUT2D eigenvalue weighted by Gasteiger charge is 2.01. The summed E-state index contributed by atoms with van der Waals surface area (Å²) in [5, 5.41) is 2.91. The Hall–Kier alpha value is -1.00. The summed E-state index contributed by atoms with van der Waals surface area (Å²) in [6, 6.07) is 8.44. The summed E-state index contributed by atoms with van der Waals surface area (Å²) in [5.74, 6) is 1.54. The summed E-state index contributed by atoms with van der Waals surface area (Å²) in [6.07, 6.45) is 0. The molecule has 0 heterocycles. The van der Waals surface area contributed by atoms with Crippen LogP contribution in [-0.4, -0.2) is 43.7 Å². The third kappa shape index (κ3) is 6.67. The van der Waals surface area contributed by atoms with E-state index < -0.39 is 0 Å². The molecule has 0 aliphatic heterocycles. The number of nitrogens with zero attached hydrogens (tertiary/aromatic N) is 1. The van der Waals surface area contributed by atoms with E-state index in [-0.39, 0.29) is 5.91 Å². The van der Waals surface area contributed by atoms with Gasteiger partial charge in [0, 0.05) is 18.8 Å². The molecule has 0 spiro atoms. The van der Waals surface area contributed by atoms with Crippen LogP contribution in [0.4, 0.5) is 0 Å². The second-order valence-corrected chi connectivity index (χ2v) is 5.62. The van der Waals surface area contributed by atoms with Gasteiger partial charge in [-0.3, -0.25) is 4.79 Å². The maximum absolute atomic E-state index is 11.5. The molecule has 0 atom stereocenters. The van der Waals surface area contributed by atoms with Crippen LogP contribution in [0.1, 0.15) is 11.1 Å². The molecule has 3 nitrogen and oxygen atoms in total. The smallest absolute Gasteiger partial charge is 0.230 e. The number of carbonyl (C=O) groups excluding carboxylic acids is 1. The van der Waals surface area contributed by atoms with E-state index in [0.29, 0.717) is 5.75 Å². The molecule has 0 bridgehead atoms. The molecular formula is C14H22N2OS. The molecular weight excluding hydrogens is 244 g/mol. The van der Waals surface area contributed by atoms with E-state index in [1.807, 2.05) is 14.1 Å². The molecule has 0 unspecified atom stereocenters. The number of hydrogen-bond donors (Lipinski definition) is 1. The Morgan fingerprint density at radius 2 is 1.94 bits per heavy atom. The maximum atomic E-state index is 11.5. The first-order chi connectivity index (χ1) is 8.58. The van der Waals surface area contributed by atoms with Crippen molar-refractivity contribution in [3.05, 3.63) is 35.4 Å². The van der Waals surface area contributed by atoms with Crippen molar-refractivity contribution in [3.8, 4) is 0 Å². The summed E-state index contributed by atoms with van der Waals surface area (Å²) in [5.41, 5.74) is 2.54. The van der Waals surface area contributed by atoms with Crippen molar-refractivity contribution < 1.29 is 4.79 Å². The summed E-state index contributed by atoms with van der Waals surface area (Å²) >= 11 is 1.65. The van der Waals surface area contributed by atoms with Gasteiger partial charge in [-0.05, 0) is 26.6 Å². The van der Waals surface area contributed by atoms with Crippen LogP contribution in [0.25, 0.3) is 0 Å². The first-order valence-corrected chi connectivity index (χ1v) is 7.28. The molecule has 4 heteroatoms. The fraction of sp³-hybridized carbons (Fsp3) is 0.500. The first kappa shape index (κ1) is 15.1. The highest BCUT2D eigenvalue weighted by molar-refractivity contribution is 7.99. The standard InChI is InChI=1S/C14H22N2OS/c1-12-4-6-13(7-5-12)10-18-11-14(17)15-8-9-16(2)3/h4-7H,8-11H2,1-3H3,(H,15,17). The summed E-state index contributed by atoms with van der Waals surface area (Å²) in [6.45, 7) is 3.68. The number of nitrogens with one attached hydrogen (secondary N) is 1. The number of hydrogen-bond acceptors (Lipinski definition) is 3. The molecule has 18 heavy (non-hydrogen) atoms. The average Bonchev–Trinajstić information content (AvgIpc) is 2.31. The Kier molecular flexibility index (Phi) is 6.83. The van der Waals surface area contributed by atoms with Gasteiger partial charge in [0.2, 0.25) is 5.91 Å². The molecule has 1 aromatic rings. The molecule has 1 N–H and O–H groups in total. The van der Waals surface area contributed by atoms with E-state index in [0.717, 1.165) is 18.8 Å². The lowest BCUT2D eigenvalue weighted by Crippen LogP contribution is -2.32. The highest BCUT2D eigenvalue weighted by Crippen LogP contribution is 2.12. The molecule has 100 valence electrons. The van der Waals surface area contributed by atoms with Gasteiger partial charge in [0.25, 0.3) is 0 Å². The molecule has 0 aromatic heterocycles. The van der Waals surface area contributed by atoms with Gasteiger partial charge < -0.3 is 10.2 Å². The predicted molar refractivity (Wildman–Crippen MR) is 78.9 cm³/mol. The van der Waals surface area contributed by atoms with Gasteiger partial charge in [-0.2, -0.15) is 0 Å². The average molecular weight is 266 g/mol. The number of carbonyl (C=O) groups is 1. The third-order valence-corrected chi connectivity index (χ3v) is 3.51. The summed E-state index contributed by atoms with van der Waals surface area (Å²) in [7, 11) is 4.00. The Balaban J connectivity index is 2.13.